The largest absolute Gasteiger partial charge is 0.374 e. The summed E-state index contributed by atoms with van der Waals surface area (Å²) >= 11 is 0. The van der Waals surface area contributed by atoms with E-state index in [1.165, 1.54) is 0 Å². The Bertz CT molecular complexity index is 391. The quantitative estimate of drug-likeness (QED) is 0.764. The Kier molecular flexibility index (Phi) is 6.39. The van der Waals surface area contributed by atoms with Gasteiger partial charge in [-0.25, -0.2) is 0 Å². The van der Waals surface area contributed by atoms with Crippen molar-refractivity contribution >= 4 is 0 Å². The van der Waals surface area contributed by atoms with Gasteiger partial charge in [-0.15, -0.1) is 0 Å². The van der Waals surface area contributed by atoms with E-state index in [-0.39, 0.29) is 11.1 Å². The minimum atomic E-state index is -0.0298. The molecule has 4 nitrogen and oxygen atoms in total. The number of rotatable bonds is 5. The Balaban J connectivity index is 1.86. The molecule has 4 heteroatoms. The molecule has 2 fully saturated rings. The fourth-order valence-electron chi connectivity index (χ4n) is 3.86. The Morgan fingerprint density at radius 1 is 1.12 bits per heavy atom. The molecule has 24 heavy (non-hydrogen) atoms. The summed E-state index contributed by atoms with van der Waals surface area (Å²) in [5, 5.41) is 0. The minimum Gasteiger partial charge on any atom is -0.374 e. The van der Waals surface area contributed by atoms with Gasteiger partial charge in [0.2, 0.25) is 0 Å². The first-order valence-corrected chi connectivity index (χ1v) is 9.76. The highest BCUT2D eigenvalue weighted by Gasteiger charge is 2.39. The summed E-state index contributed by atoms with van der Waals surface area (Å²) < 4.78 is 12.2. The van der Waals surface area contributed by atoms with E-state index in [0.29, 0.717) is 24.3 Å². The predicted octanol–water partition coefficient (Wildman–Crippen LogP) is 3.54. The van der Waals surface area contributed by atoms with Crippen molar-refractivity contribution in [2.75, 3.05) is 26.2 Å². The summed E-state index contributed by atoms with van der Waals surface area (Å²) in [4.78, 5) is 5.20. The van der Waals surface area contributed by atoms with Gasteiger partial charge in [-0.1, -0.05) is 0 Å². The van der Waals surface area contributed by atoms with Crippen molar-refractivity contribution in [1.82, 2.24) is 9.80 Å². The van der Waals surface area contributed by atoms with Crippen LogP contribution in [0.1, 0.15) is 68.2 Å². The number of nitrogens with zero attached hydrogens (tertiary/aromatic N) is 2. The van der Waals surface area contributed by atoms with Crippen molar-refractivity contribution in [1.29, 1.82) is 0 Å². The van der Waals surface area contributed by atoms with Crippen molar-refractivity contribution in [3.05, 3.63) is 0 Å². The van der Waals surface area contributed by atoms with Crippen LogP contribution in [0.5, 0.6) is 0 Å². The molecule has 0 N–H and O–H groups in total. The number of ether oxygens (including phenoxy) is 2. The van der Waals surface area contributed by atoms with E-state index in [1.807, 2.05) is 0 Å². The van der Waals surface area contributed by atoms with Crippen LogP contribution in [0.4, 0.5) is 0 Å². The first kappa shape index (κ1) is 20.2. The van der Waals surface area contributed by atoms with E-state index in [0.717, 1.165) is 39.1 Å². The zero-order valence-corrected chi connectivity index (χ0v) is 17.3. The molecule has 1 saturated carbocycles. The standard InChI is InChI=1S/C20H40N2O2/c1-15(2)22(16-11-17(12-16)24-20(6,7)8)14-18-13-21(9-10-23-18)19(3,4)5/h15-18H,9-14H2,1-8H3/t16?,17?,18-/m0/s1. The molecular weight excluding hydrogens is 300 g/mol. The van der Waals surface area contributed by atoms with Gasteiger partial charge in [0, 0.05) is 37.3 Å². The molecule has 0 radical (unpaired) electrons. The van der Waals surface area contributed by atoms with Crippen LogP contribution in [0.2, 0.25) is 0 Å². The molecule has 0 unspecified atom stereocenters. The highest BCUT2D eigenvalue weighted by molar-refractivity contribution is 4.93. The lowest BCUT2D eigenvalue weighted by atomic mass is 9.86. The molecule has 0 aromatic carbocycles. The van der Waals surface area contributed by atoms with E-state index < -0.39 is 0 Å². The normalized spacial score (nSPS) is 30.0. The minimum absolute atomic E-state index is 0.0298. The van der Waals surface area contributed by atoms with E-state index in [2.05, 4.69) is 65.2 Å². The number of hydrogen-bond donors (Lipinski definition) is 0. The van der Waals surface area contributed by atoms with Crippen LogP contribution in [0.25, 0.3) is 0 Å². The topological polar surface area (TPSA) is 24.9 Å². The van der Waals surface area contributed by atoms with Gasteiger partial charge in [0.1, 0.15) is 0 Å². The van der Waals surface area contributed by atoms with Crippen molar-refractivity contribution in [3.8, 4) is 0 Å². The molecule has 0 amide bonds. The molecule has 1 aliphatic carbocycles. The highest BCUT2D eigenvalue weighted by Crippen LogP contribution is 2.33. The van der Waals surface area contributed by atoms with E-state index in [4.69, 9.17) is 9.47 Å². The fourth-order valence-corrected chi connectivity index (χ4v) is 3.86. The highest BCUT2D eigenvalue weighted by atomic mass is 16.5. The molecule has 1 heterocycles. The average molecular weight is 341 g/mol. The third-order valence-corrected chi connectivity index (χ3v) is 5.22. The van der Waals surface area contributed by atoms with Crippen LogP contribution in [0.3, 0.4) is 0 Å². The third kappa shape index (κ3) is 5.69. The first-order chi connectivity index (χ1) is 11.0. The summed E-state index contributed by atoms with van der Waals surface area (Å²) in [6.07, 6.45) is 3.06. The van der Waals surface area contributed by atoms with Crippen LogP contribution < -0.4 is 0 Å². The van der Waals surface area contributed by atoms with Crippen LogP contribution in [0.15, 0.2) is 0 Å². The van der Waals surface area contributed by atoms with Gasteiger partial charge in [0.25, 0.3) is 0 Å². The Morgan fingerprint density at radius 3 is 2.25 bits per heavy atom. The Morgan fingerprint density at radius 2 is 1.75 bits per heavy atom. The van der Waals surface area contributed by atoms with Crippen LogP contribution >= 0.6 is 0 Å². The molecule has 1 atom stereocenters. The van der Waals surface area contributed by atoms with Crippen molar-refractivity contribution in [2.45, 2.75) is 104 Å². The van der Waals surface area contributed by atoms with Gasteiger partial charge in [0.05, 0.1) is 24.4 Å². The maximum Gasteiger partial charge on any atom is 0.0829 e. The molecule has 142 valence electrons. The SMILES string of the molecule is CC(C)N(C[C@@H]1CN(C(C)(C)C)CCO1)C1CC(OC(C)(C)C)C1. The van der Waals surface area contributed by atoms with E-state index in [1.54, 1.807) is 0 Å². The van der Waals surface area contributed by atoms with Gasteiger partial charge in [0.15, 0.2) is 0 Å². The zero-order chi connectivity index (χ0) is 18.1. The zero-order valence-electron chi connectivity index (χ0n) is 17.3. The summed E-state index contributed by atoms with van der Waals surface area (Å²) in [6.45, 7) is 22.0. The molecule has 1 saturated heterocycles. The summed E-state index contributed by atoms with van der Waals surface area (Å²) in [5.74, 6) is 0. The molecule has 0 aromatic heterocycles. The molecule has 1 aliphatic heterocycles. The van der Waals surface area contributed by atoms with E-state index in [9.17, 15) is 0 Å². The van der Waals surface area contributed by atoms with Crippen molar-refractivity contribution in [2.24, 2.45) is 0 Å². The second-order valence-electron chi connectivity index (χ2n) is 9.88. The van der Waals surface area contributed by atoms with Gasteiger partial charge in [-0.2, -0.15) is 0 Å². The molecule has 2 rings (SSSR count). The van der Waals surface area contributed by atoms with E-state index >= 15 is 0 Å². The molecular formula is C20H40N2O2. The van der Waals surface area contributed by atoms with Crippen molar-refractivity contribution in [3.63, 3.8) is 0 Å². The van der Waals surface area contributed by atoms with Crippen LogP contribution in [-0.2, 0) is 9.47 Å². The monoisotopic (exact) mass is 340 g/mol. The Hall–Kier alpha value is -0.160. The maximum atomic E-state index is 6.12. The first-order valence-electron chi connectivity index (χ1n) is 9.76. The van der Waals surface area contributed by atoms with Crippen LogP contribution in [0, 0.1) is 0 Å². The smallest absolute Gasteiger partial charge is 0.0829 e. The lowest BCUT2D eigenvalue weighted by Crippen LogP contribution is -2.58. The van der Waals surface area contributed by atoms with Crippen molar-refractivity contribution < 1.29 is 9.47 Å². The third-order valence-electron chi connectivity index (χ3n) is 5.22. The second-order valence-corrected chi connectivity index (χ2v) is 9.88. The number of morpholine rings is 1. The summed E-state index contributed by atoms with van der Waals surface area (Å²) in [7, 11) is 0. The fraction of sp³-hybridized carbons (Fsp3) is 1.00. The predicted molar refractivity (Wildman–Crippen MR) is 101 cm³/mol. The Labute approximate surface area is 149 Å². The molecule has 0 bridgehead atoms. The van der Waals surface area contributed by atoms with Gasteiger partial charge >= 0.3 is 0 Å². The lowest BCUT2D eigenvalue weighted by molar-refractivity contribution is -0.134. The van der Waals surface area contributed by atoms with Gasteiger partial charge in [-0.3, -0.25) is 9.80 Å². The van der Waals surface area contributed by atoms with Crippen LogP contribution in [-0.4, -0.2) is 71.5 Å². The van der Waals surface area contributed by atoms with Gasteiger partial charge in [-0.05, 0) is 68.2 Å². The van der Waals surface area contributed by atoms with Gasteiger partial charge < -0.3 is 9.47 Å². The lowest BCUT2D eigenvalue weighted by Gasteiger charge is -2.49. The average Bonchev–Trinajstić information content (AvgIpc) is 2.38. The second kappa shape index (κ2) is 7.61. The maximum absolute atomic E-state index is 6.12. The summed E-state index contributed by atoms with van der Waals surface area (Å²) in [6, 6.07) is 1.20. The molecule has 2 aliphatic rings. The molecule has 0 spiro atoms. The summed E-state index contributed by atoms with van der Waals surface area (Å²) in [5.41, 5.74) is 0.199. The molecule has 0 aromatic rings. The number of hydrogen-bond acceptors (Lipinski definition) is 4.